The molecule has 0 radical (unpaired) electrons. The highest BCUT2D eigenvalue weighted by atomic mass is 16.6. The van der Waals surface area contributed by atoms with E-state index in [2.05, 4.69) is 0 Å². The fourth-order valence-corrected chi connectivity index (χ4v) is 1.56. The number of quaternary nitrogens is 1. The summed E-state index contributed by atoms with van der Waals surface area (Å²) in [6, 6.07) is -0.107. The predicted octanol–water partition coefficient (Wildman–Crippen LogP) is -1.79. The lowest BCUT2D eigenvalue weighted by molar-refractivity contribution is -0.829. The average Bonchev–Trinajstić information content (AvgIpc) is 2.98. The van der Waals surface area contributed by atoms with Crippen molar-refractivity contribution >= 4 is 5.97 Å². The van der Waals surface area contributed by atoms with Crippen molar-refractivity contribution in [3.63, 3.8) is 0 Å². The minimum absolute atomic E-state index is 0.0736. The molecule has 2 atom stereocenters. The van der Waals surface area contributed by atoms with Crippen LogP contribution >= 0.6 is 0 Å². The SMILES string of the molecule is COCCOC(=O)[C@H]1C[NH+]1C(C)(C)CO. The largest absolute Gasteiger partial charge is 0.459 e. The van der Waals surface area contributed by atoms with Crippen LogP contribution in [0.4, 0.5) is 0 Å². The summed E-state index contributed by atoms with van der Waals surface area (Å²) in [5, 5.41) is 9.13. The van der Waals surface area contributed by atoms with Crippen molar-refractivity contribution in [3.05, 3.63) is 0 Å². The standard InChI is InChI=1S/C10H19NO4/c1-10(2,7-12)11-6-8(11)9(13)15-5-4-14-3/h8,12H,4-7H2,1-3H3/p+1/t8-,11?/m1/s1. The number of carbonyl (C=O) groups excluding carboxylic acids is 1. The molecule has 0 aliphatic carbocycles. The predicted molar refractivity (Wildman–Crippen MR) is 53.6 cm³/mol. The molecule has 1 aliphatic heterocycles. The van der Waals surface area contributed by atoms with Crippen molar-refractivity contribution in [1.82, 2.24) is 0 Å². The van der Waals surface area contributed by atoms with Gasteiger partial charge in [-0.25, -0.2) is 4.79 Å². The summed E-state index contributed by atoms with van der Waals surface area (Å²) in [6.45, 7) is 5.43. The molecular weight excluding hydrogens is 198 g/mol. The van der Waals surface area contributed by atoms with Gasteiger partial charge in [0.25, 0.3) is 0 Å². The molecule has 0 saturated carbocycles. The van der Waals surface area contributed by atoms with Crippen LogP contribution in [0, 0.1) is 0 Å². The Morgan fingerprint density at radius 3 is 2.73 bits per heavy atom. The monoisotopic (exact) mass is 218 g/mol. The van der Waals surface area contributed by atoms with Crippen LogP contribution in [0.15, 0.2) is 0 Å². The van der Waals surface area contributed by atoms with Crippen molar-refractivity contribution in [1.29, 1.82) is 0 Å². The molecule has 5 heteroatoms. The van der Waals surface area contributed by atoms with E-state index in [-0.39, 0.29) is 24.2 Å². The summed E-state index contributed by atoms with van der Waals surface area (Å²) < 4.78 is 9.79. The first-order valence-corrected chi connectivity index (χ1v) is 5.15. The maximum atomic E-state index is 11.5. The molecule has 0 aromatic heterocycles. The van der Waals surface area contributed by atoms with E-state index in [0.717, 1.165) is 11.4 Å². The lowest BCUT2D eigenvalue weighted by Crippen LogP contribution is -3.05. The van der Waals surface area contributed by atoms with E-state index >= 15 is 0 Å². The molecule has 0 aromatic rings. The van der Waals surface area contributed by atoms with Gasteiger partial charge in [0.2, 0.25) is 6.04 Å². The zero-order valence-corrected chi connectivity index (χ0v) is 9.58. The number of methoxy groups -OCH3 is 1. The summed E-state index contributed by atoms with van der Waals surface area (Å²) >= 11 is 0. The molecule has 0 spiro atoms. The van der Waals surface area contributed by atoms with Gasteiger partial charge in [0.15, 0.2) is 0 Å². The number of nitrogens with one attached hydrogen (secondary N) is 1. The van der Waals surface area contributed by atoms with Crippen LogP contribution in [0.5, 0.6) is 0 Å². The van der Waals surface area contributed by atoms with Gasteiger partial charge in [-0.05, 0) is 13.8 Å². The number of ether oxygens (including phenoxy) is 2. The van der Waals surface area contributed by atoms with Crippen LogP contribution in [0.1, 0.15) is 13.8 Å². The molecule has 2 N–H and O–H groups in total. The molecule has 5 nitrogen and oxygen atoms in total. The molecule has 0 amide bonds. The Morgan fingerprint density at radius 1 is 1.53 bits per heavy atom. The van der Waals surface area contributed by atoms with Gasteiger partial charge in [-0.2, -0.15) is 0 Å². The van der Waals surface area contributed by atoms with Gasteiger partial charge in [0.05, 0.1) is 13.2 Å². The van der Waals surface area contributed by atoms with E-state index in [1.807, 2.05) is 13.8 Å². The van der Waals surface area contributed by atoms with Gasteiger partial charge in [-0.15, -0.1) is 0 Å². The van der Waals surface area contributed by atoms with E-state index in [1.165, 1.54) is 0 Å². The van der Waals surface area contributed by atoms with Crippen LogP contribution in [-0.2, 0) is 14.3 Å². The molecule has 88 valence electrons. The van der Waals surface area contributed by atoms with Crippen LogP contribution in [0.3, 0.4) is 0 Å². The smallest absolute Gasteiger partial charge is 0.371 e. The summed E-state index contributed by atoms with van der Waals surface area (Å²) in [5.74, 6) is -0.191. The van der Waals surface area contributed by atoms with Gasteiger partial charge in [-0.3, -0.25) is 0 Å². The first kappa shape index (κ1) is 12.4. The Bertz CT molecular complexity index is 229. The molecular formula is C10H20NO4+. The van der Waals surface area contributed by atoms with Crippen LogP contribution < -0.4 is 4.90 Å². The Labute approximate surface area is 90.0 Å². The maximum Gasteiger partial charge on any atom is 0.371 e. The van der Waals surface area contributed by atoms with Crippen molar-refractivity contribution in [2.45, 2.75) is 25.4 Å². The summed E-state index contributed by atoms with van der Waals surface area (Å²) in [7, 11) is 1.57. The zero-order valence-electron chi connectivity index (χ0n) is 9.58. The molecule has 1 fully saturated rings. The fraction of sp³-hybridized carbons (Fsp3) is 0.900. The summed E-state index contributed by atoms with van der Waals surface area (Å²) in [5.41, 5.74) is -0.259. The number of aliphatic hydroxyl groups excluding tert-OH is 1. The molecule has 1 aliphatic rings. The molecule has 15 heavy (non-hydrogen) atoms. The lowest BCUT2D eigenvalue weighted by Gasteiger charge is -2.20. The third kappa shape index (κ3) is 3.15. The third-order valence-electron chi connectivity index (χ3n) is 2.77. The van der Waals surface area contributed by atoms with E-state index < -0.39 is 0 Å². The number of hydrogen-bond donors (Lipinski definition) is 2. The van der Waals surface area contributed by atoms with Crippen molar-refractivity contribution in [3.8, 4) is 0 Å². The van der Waals surface area contributed by atoms with E-state index in [1.54, 1.807) is 7.11 Å². The Morgan fingerprint density at radius 2 is 2.20 bits per heavy atom. The van der Waals surface area contributed by atoms with Crippen molar-refractivity contribution in [2.75, 3.05) is 33.5 Å². The van der Waals surface area contributed by atoms with Gasteiger partial charge in [-0.1, -0.05) is 0 Å². The average molecular weight is 218 g/mol. The van der Waals surface area contributed by atoms with Crippen LogP contribution in [0.25, 0.3) is 0 Å². The molecule has 0 bridgehead atoms. The number of aliphatic hydroxyl groups is 1. The lowest BCUT2D eigenvalue weighted by atomic mass is 10.1. The minimum atomic E-state index is -0.259. The second-order valence-electron chi connectivity index (χ2n) is 4.48. The highest BCUT2D eigenvalue weighted by Crippen LogP contribution is 2.04. The highest BCUT2D eigenvalue weighted by molar-refractivity contribution is 5.76. The van der Waals surface area contributed by atoms with Crippen molar-refractivity contribution < 1.29 is 24.3 Å². The third-order valence-corrected chi connectivity index (χ3v) is 2.77. The van der Waals surface area contributed by atoms with Crippen molar-refractivity contribution in [2.24, 2.45) is 0 Å². The number of hydrogen-bond acceptors (Lipinski definition) is 4. The molecule has 1 saturated heterocycles. The van der Waals surface area contributed by atoms with Gasteiger partial charge >= 0.3 is 5.97 Å². The quantitative estimate of drug-likeness (QED) is 0.314. The van der Waals surface area contributed by atoms with Gasteiger partial charge < -0.3 is 19.5 Å². The highest BCUT2D eigenvalue weighted by Gasteiger charge is 2.55. The molecule has 0 aromatic carbocycles. The normalized spacial score (nSPS) is 25.1. The summed E-state index contributed by atoms with van der Waals surface area (Å²) in [4.78, 5) is 12.6. The van der Waals surface area contributed by atoms with Gasteiger partial charge in [0.1, 0.15) is 18.7 Å². The minimum Gasteiger partial charge on any atom is -0.459 e. The topological polar surface area (TPSA) is 60.2 Å². The summed E-state index contributed by atoms with van der Waals surface area (Å²) in [6.07, 6.45) is 0. The number of rotatable bonds is 6. The second-order valence-corrected chi connectivity index (χ2v) is 4.48. The molecule has 1 unspecified atom stereocenters. The first-order valence-electron chi connectivity index (χ1n) is 5.15. The number of esters is 1. The van der Waals surface area contributed by atoms with E-state index in [4.69, 9.17) is 14.6 Å². The zero-order chi connectivity index (χ0) is 11.5. The second kappa shape index (κ2) is 4.92. The maximum absolute atomic E-state index is 11.5. The molecule has 1 heterocycles. The van der Waals surface area contributed by atoms with E-state index in [9.17, 15) is 4.79 Å². The fourth-order valence-electron chi connectivity index (χ4n) is 1.56. The van der Waals surface area contributed by atoms with Crippen LogP contribution in [-0.4, -0.2) is 56.1 Å². The Kier molecular flexibility index (Phi) is 4.07. The Hall–Kier alpha value is -0.650. The van der Waals surface area contributed by atoms with Gasteiger partial charge in [0, 0.05) is 7.11 Å². The molecule has 1 rings (SSSR count). The van der Waals surface area contributed by atoms with E-state index in [0.29, 0.717) is 13.2 Å². The number of carbonyl (C=O) groups is 1. The van der Waals surface area contributed by atoms with Crippen LogP contribution in [0.2, 0.25) is 0 Å². The first-order chi connectivity index (χ1) is 7.03. The Balaban J connectivity index is 2.28.